The van der Waals surface area contributed by atoms with Crippen LogP contribution in [0, 0.1) is 0 Å². The number of rotatable bonds is 7. The van der Waals surface area contributed by atoms with Crippen molar-refractivity contribution in [2.24, 2.45) is 5.16 Å². The molecule has 0 saturated carbocycles. The Kier molecular flexibility index (Phi) is 8.48. The number of thiazole rings is 1. The number of anilines is 1. The molecule has 12 nitrogen and oxygen atoms in total. The first-order valence-electron chi connectivity index (χ1n) is 8.41. The molecule has 2 aliphatic heterocycles. The van der Waals surface area contributed by atoms with Crippen LogP contribution in [-0.4, -0.2) is 75.3 Å². The van der Waals surface area contributed by atoms with Gasteiger partial charge in [-0.15, -0.1) is 23.1 Å². The number of ether oxygens (including phenoxy) is 1. The van der Waals surface area contributed by atoms with Crippen molar-refractivity contribution in [1.29, 1.82) is 0 Å². The molecule has 162 valence electrons. The van der Waals surface area contributed by atoms with E-state index in [9.17, 15) is 24.3 Å². The van der Waals surface area contributed by atoms with Crippen molar-refractivity contribution in [1.82, 2.24) is 15.2 Å². The number of nitrogens with two attached hydrogens (primary N) is 1. The van der Waals surface area contributed by atoms with E-state index in [-0.39, 0.29) is 65.6 Å². The number of esters is 1. The zero-order valence-corrected chi connectivity index (χ0v) is 20.4. The van der Waals surface area contributed by atoms with Crippen molar-refractivity contribution < 1.29 is 64.8 Å². The van der Waals surface area contributed by atoms with Gasteiger partial charge in [0.15, 0.2) is 10.8 Å². The van der Waals surface area contributed by atoms with Crippen LogP contribution in [0.25, 0.3) is 0 Å². The largest absolute Gasteiger partial charge is 1.00 e. The standard InChI is InChI=1S/C16H17N5O7S2.Na.H/c1-6(22)28-3-7-4-29-14-10(13(24)21(14)11(7)15(25)26)19-12(23)9(20-27-2)8-5-30-16(17)18-8;;/h5,10,14H,3-4H2,1-2H3,(H2,17,18)(H,19,23)(H,25,26);;/q;+1;-1/b20-9-;;. The smallest absolute Gasteiger partial charge is 1.00 e. The number of oxime groups is 1. The molecule has 15 heteroatoms. The normalized spacial score (nSPS) is 20.3. The third-order valence-electron chi connectivity index (χ3n) is 4.15. The Labute approximate surface area is 208 Å². The molecule has 2 atom stereocenters. The van der Waals surface area contributed by atoms with Crippen LogP contribution < -0.4 is 40.6 Å². The molecule has 1 aromatic rings. The average molecular weight is 479 g/mol. The van der Waals surface area contributed by atoms with E-state index in [1.54, 1.807) is 0 Å². The number of carboxylic acid groups (broad SMARTS) is 1. The fourth-order valence-electron chi connectivity index (χ4n) is 2.88. The van der Waals surface area contributed by atoms with Gasteiger partial charge < -0.3 is 27.2 Å². The van der Waals surface area contributed by atoms with Gasteiger partial charge in [0.2, 0.25) is 0 Å². The second-order valence-electron chi connectivity index (χ2n) is 6.09. The molecule has 0 aromatic carbocycles. The molecule has 3 heterocycles. The van der Waals surface area contributed by atoms with Gasteiger partial charge in [-0.05, 0) is 0 Å². The maximum absolute atomic E-state index is 12.7. The molecule has 2 aliphatic rings. The Morgan fingerprint density at radius 1 is 1.48 bits per heavy atom. The van der Waals surface area contributed by atoms with Crippen LogP contribution in [0.15, 0.2) is 21.8 Å². The van der Waals surface area contributed by atoms with Gasteiger partial charge in [-0.1, -0.05) is 5.16 Å². The topological polar surface area (TPSA) is 174 Å². The van der Waals surface area contributed by atoms with Gasteiger partial charge in [-0.2, -0.15) is 0 Å². The molecular formula is C16H18N5NaO7S2. The van der Waals surface area contributed by atoms with Crippen molar-refractivity contribution in [2.75, 3.05) is 25.2 Å². The molecule has 31 heavy (non-hydrogen) atoms. The minimum atomic E-state index is -1.32. The third kappa shape index (κ3) is 5.20. The second kappa shape index (κ2) is 10.5. The quantitative estimate of drug-likeness (QED) is 0.117. The molecule has 0 aliphatic carbocycles. The number of nitrogens with zero attached hydrogens (tertiary/aromatic N) is 3. The maximum Gasteiger partial charge on any atom is 1.00 e. The number of aliphatic carboxylic acids is 1. The number of carboxylic acids is 1. The summed E-state index contributed by atoms with van der Waals surface area (Å²) in [5.41, 5.74) is 5.67. The minimum Gasteiger partial charge on any atom is -1.00 e. The number of fused-ring (bicyclic) bond motifs is 1. The zero-order chi connectivity index (χ0) is 22.0. The fourth-order valence-corrected chi connectivity index (χ4v) is 4.76. The summed E-state index contributed by atoms with van der Waals surface area (Å²) < 4.78 is 4.88. The van der Waals surface area contributed by atoms with Crippen molar-refractivity contribution in [3.8, 4) is 0 Å². The average Bonchev–Trinajstić information content (AvgIpc) is 3.13. The summed E-state index contributed by atoms with van der Waals surface area (Å²) in [6.07, 6.45) is 0. The van der Waals surface area contributed by atoms with Gasteiger partial charge in [0.05, 0.1) is 0 Å². The van der Waals surface area contributed by atoms with Crippen molar-refractivity contribution in [3.05, 3.63) is 22.3 Å². The third-order valence-corrected chi connectivity index (χ3v) is 6.16. The van der Waals surface area contributed by atoms with Crippen LogP contribution in [0.4, 0.5) is 5.13 Å². The van der Waals surface area contributed by atoms with Gasteiger partial charge in [0.1, 0.15) is 36.5 Å². The van der Waals surface area contributed by atoms with Crippen LogP contribution in [-0.2, 0) is 28.8 Å². The minimum absolute atomic E-state index is 0. The monoisotopic (exact) mass is 479 g/mol. The molecule has 0 spiro atoms. The SMILES string of the molecule is CO/N=C(\C(=O)NC1C(=O)N2C(C(=O)O)=C(COC(C)=O)CSC12)c1csc(N)n1.[H-].[Na+]. The molecule has 0 bridgehead atoms. The summed E-state index contributed by atoms with van der Waals surface area (Å²) in [5, 5.41) is 16.9. The first-order chi connectivity index (χ1) is 14.2. The van der Waals surface area contributed by atoms with E-state index >= 15 is 0 Å². The van der Waals surface area contributed by atoms with E-state index in [0.29, 0.717) is 5.57 Å². The fraction of sp³-hybridized carbons (Fsp3) is 0.375. The number of amides is 2. The van der Waals surface area contributed by atoms with E-state index in [1.165, 1.54) is 31.2 Å². The van der Waals surface area contributed by atoms with E-state index in [2.05, 4.69) is 20.3 Å². The van der Waals surface area contributed by atoms with Gasteiger partial charge in [-0.25, -0.2) is 9.78 Å². The Bertz CT molecular complexity index is 986. The van der Waals surface area contributed by atoms with E-state index in [4.69, 9.17) is 10.5 Å². The molecule has 0 radical (unpaired) electrons. The number of aromatic nitrogens is 1. The van der Waals surface area contributed by atoms with Crippen LogP contribution in [0.3, 0.4) is 0 Å². The number of nitrogen functional groups attached to an aromatic ring is 1. The summed E-state index contributed by atoms with van der Waals surface area (Å²) in [7, 11) is 1.25. The number of hydrogen-bond acceptors (Lipinski definition) is 11. The molecule has 4 N–H and O–H groups in total. The predicted octanol–water partition coefficient (Wildman–Crippen LogP) is -3.51. The Balaban J connectivity index is 0.00000256. The number of carbonyl (C=O) groups is 4. The number of β-lactam (4-membered cyclic amide) rings is 1. The second-order valence-corrected chi connectivity index (χ2v) is 8.09. The molecule has 3 rings (SSSR count). The van der Waals surface area contributed by atoms with Crippen molar-refractivity contribution in [2.45, 2.75) is 18.3 Å². The summed E-state index contributed by atoms with van der Waals surface area (Å²) >= 11 is 2.35. The predicted molar refractivity (Wildman–Crippen MR) is 108 cm³/mol. The number of nitrogens with one attached hydrogen (secondary N) is 1. The first-order valence-corrected chi connectivity index (χ1v) is 10.3. The molecule has 1 fully saturated rings. The number of hydrogen-bond donors (Lipinski definition) is 3. The van der Waals surface area contributed by atoms with Gasteiger partial charge in [0, 0.05) is 23.6 Å². The van der Waals surface area contributed by atoms with Crippen molar-refractivity contribution in [3.63, 3.8) is 0 Å². The van der Waals surface area contributed by atoms with Gasteiger partial charge in [0.25, 0.3) is 11.8 Å². The van der Waals surface area contributed by atoms with Crippen molar-refractivity contribution >= 4 is 57.7 Å². The van der Waals surface area contributed by atoms with E-state index in [1.807, 2.05) is 0 Å². The van der Waals surface area contributed by atoms with E-state index in [0.717, 1.165) is 16.2 Å². The number of thioether (sulfide) groups is 1. The molecule has 2 unspecified atom stereocenters. The number of carbonyl (C=O) groups excluding carboxylic acids is 3. The van der Waals surface area contributed by atoms with Gasteiger partial charge >= 0.3 is 41.5 Å². The van der Waals surface area contributed by atoms with Crippen LogP contribution in [0.1, 0.15) is 14.0 Å². The van der Waals surface area contributed by atoms with Crippen LogP contribution >= 0.6 is 23.1 Å². The Morgan fingerprint density at radius 2 is 2.19 bits per heavy atom. The Hall–Kier alpha value is -2.13. The summed E-state index contributed by atoms with van der Waals surface area (Å²) in [6.45, 7) is 0.975. The van der Waals surface area contributed by atoms with Crippen LogP contribution in [0.2, 0.25) is 0 Å². The van der Waals surface area contributed by atoms with E-state index < -0.39 is 35.2 Å². The summed E-state index contributed by atoms with van der Waals surface area (Å²) in [4.78, 5) is 57.8. The zero-order valence-electron chi connectivity index (χ0n) is 17.8. The van der Waals surface area contributed by atoms with Crippen LogP contribution in [0.5, 0.6) is 0 Å². The summed E-state index contributed by atoms with van der Waals surface area (Å²) in [6, 6.07) is -0.967. The first kappa shape index (κ1) is 25.1. The molecular weight excluding hydrogens is 461 g/mol. The van der Waals surface area contributed by atoms with Gasteiger partial charge in [-0.3, -0.25) is 19.3 Å². The maximum atomic E-state index is 12.7. The molecule has 2 amide bonds. The molecule has 1 saturated heterocycles. The Morgan fingerprint density at radius 3 is 2.74 bits per heavy atom. The summed E-state index contributed by atoms with van der Waals surface area (Å²) in [5.74, 6) is -2.98. The molecule has 1 aromatic heterocycles.